The minimum absolute atomic E-state index is 0.0162. The van der Waals surface area contributed by atoms with E-state index in [1.807, 2.05) is 0 Å². The standard InChI is InChI=1S/C18H17F3N8O/c1-27-12-7-24-16(25-11-8-28-5-4-23-14(28)6-10(11)19)26-15(12)29(17(27)30)13-2-3-22-9-18(13,20)21/h4-8,13,22H,2-3,9H2,1H3,(H,24,25,26)/t13-/m0/s1. The van der Waals surface area contributed by atoms with Gasteiger partial charge in [0.25, 0.3) is 5.92 Å². The van der Waals surface area contributed by atoms with Gasteiger partial charge in [-0.1, -0.05) is 0 Å². The van der Waals surface area contributed by atoms with Crippen molar-refractivity contribution in [3.8, 4) is 0 Å². The second kappa shape index (κ2) is 6.55. The van der Waals surface area contributed by atoms with Crippen molar-refractivity contribution in [2.24, 2.45) is 7.05 Å². The number of hydrogen-bond acceptors (Lipinski definition) is 6. The van der Waals surface area contributed by atoms with Gasteiger partial charge >= 0.3 is 5.69 Å². The lowest BCUT2D eigenvalue weighted by Crippen LogP contribution is -2.49. The molecule has 4 aromatic rings. The molecule has 156 valence electrons. The maximum absolute atomic E-state index is 14.5. The van der Waals surface area contributed by atoms with Gasteiger partial charge < -0.3 is 15.0 Å². The third-order valence-corrected chi connectivity index (χ3v) is 5.31. The highest BCUT2D eigenvalue weighted by Gasteiger charge is 2.44. The van der Waals surface area contributed by atoms with Gasteiger partial charge in [0.15, 0.2) is 11.5 Å². The van der Waals surface area contributed by atoms with Crippen molar-refractivity contribution in [3.05, 3.63) is 47.2 Å². The Morgan fingerprint density at radius 1 is 1.33 bits per heavy atom. The second-order valence-electron chi connectivity index (χ2n) is 7.21. The molecule has 0 aromatic carbocycles. The van der Waals surface area contributed by atoms with Gasteiger partial charge in [-0.2, -0.15) is 4.98 Å². The largest absolute Gasteiger partial charge is 0.330 e. The predicted octanol–water partition coefficient (Wildman–Crippen LogP) is 1.83. The fraction of sp³-hybridized carbons (Fsp3) is 0.333. The summed E-state index contributed by atoms with van der Waals surface area (Å²) < 4.78 is 47.3. The first-order valence-electron chi connectivity index (χ1n) is 9.27. The Balaban J connectivity index is 1.61. The lowest BCUT2D eigenvalue weighted by atomic mass is 10.0. The third kappa shape index (κ3) is 2.83. The van der Waals surface area contributed by atoms with E-state index < -0.39 is 30.0 Å². The summed E-state index contributed by atoms with van der Waals surface area (Å²) in [6.07, 6.45) is 6.09. The Labute approximate surface area is 167 Å². The van der Waals surface area contributed by atoms with Gasteiger partial charge in [-0.3, -0.25) is 9.13 Å². The van der Waals surface area contributed by atoms with Crippen molar-refractivity contribution in [3.63, 3.8) is 0 Å². The van der Waals surface area contributed by atoms with Crippen molar-refractivity contribution in [2.45, 2.75) is 18.4 Å². The Morgan fingerprint density at radius 3 is 2.97 bits per heavy atom. The molecule has 2 N–H and O–H groups in total. The number of halogens is 3. The number of piperidine rings is 1. The number of nitrogens with one attached hydrogen (secondary N) is 2. The van der Waals surface area contributed by atoms with Crippen molar-refractivity contribution >= 4 is 28.4 Å². The first kappa shape index (κ1) is 18.6. The zero-order valence-electron chi connectivity index (χ0n) is 15.8. The van der Waals surface area contributed by atoms with Crippen LogP contribution in [0.5, 0.6) is 0 Å². The number of hydrogen-bond donors (Lipinski definition) is 2. The lowest BCUT2D eigenvalue weighted by Gasteiger charge is -2.32. The molecule has 0 spiro atoms. The third-order valence-electron chi connectivity index (χ3n) is 5.31. The smallest absolute Gasteiger partial charge is 0.320 e. The molecule has 0 unspecified atom stereocenters. The molecule has 0 bridgehead atoms. The highest BCUT2D eigenvalue weighted by atomic mass is 19.3. The van der Waals surface area contributed by atoms with E-state index in [0.29, 0.717) is 17.7 Å². The molecule has 0 radical (unpaired) electrons. The second-order valence-corrected chi connectivity index (χ2v) is 7.21. The summed E-state index contributed by atoms with van der Waals surface area (Å²) in [6, 6.07) is -0.0914. The molecule has 12 heteroatoms. The molecule has 1 aliphatic rings. The van der Waals surface area contributed by atoms with Gasteiger partial charge in [-0.15, -0.1) is 0 Å². The van der Waals surface area contributed by atoms with E-state index in [4.69, 9.17) is 0 Å². The van der Waals surface area contributed by atoms with E-state index in [2.05, 4.69) is 25.6 Å². The van der Waals surface area contributed by atoms with Crippen LogP contribution >= 0.6 is 0 Å². The molecule has 0 amide bonds. The summed E-state index contributed by atoms with van der Waals surface area (Å²) in [5.41, 5.74) is 0.284. The fourth-order valence-corrected chi connectivity index (χ4v) is 3.77. The highest BCUT2D eigenvalue weighted by molar-refractivity contribution is 5.73. The molecule has 1 saturated heterocycles. The molecular formula is C18H17F3N8O. The molecule has 4 aromatic heterocycles. The number of aromatic nitrogens is 6. The Bertz CT molecular complexity index is 1320. The van der Waals surface area contributed by atoms with Crippen LogP contribution in [0, 0.1) is 5.82 Å². The van der Waals surface area contributed by atoms with E-state index >= 15 is 0 Å². The van der Waals surface area contributed by atoms with Crippen LogP contribution in [0.3, 0.4) is 0 Å². The normalized spacial score (nSPS) is 18.9. The summed E-state index contributed by atoms with van der Waals surface area (Å²) >= 11 is 0. The number of anilines is 2. The average Bonchev–Trinajstić information content (AvgIpc) is 3.25. The maximum Gasteiger partial charge on any atom is 0.330 e. The average molecular weight is 418 g/mol. The number of rotatable bonds is 3. The van der Waals surface area contributed by atoms with E-state index in [-0.39, 0.29) is 23.7 Å². The fourth-order valence-electron chi connectivity index (χ4n) is 3.77. The van der Waals surface area contributed by atoms with Gasteiger partial charge in [0, 0.05) is 31.7 Å². The van der Waals surface area contributed by atoms with Crippen LogP contribution in [-0.4, -0.2) is 47.5 Å². The summed E-state index contributed by atoms with van der Waals surface area (Å²) in [5, 5.41) is 5.40. The van der Waals surface area contributed by atoms with Crippen molar-refractivity contribution in [1.29, 1.82) is 0 Å². The van der Waals surface area contributed by atoms with Gasteiger partial charge in [0.05, 0.1) is 18.4 Å². The molecule has 0 saturated carbocycles. The van der Waals surface area contributed by atoms with Crippen LogP contribution in [0.15, 0.2) is 35.6 Å². The van der Waals surface area contributed by atoms with Crippen LogP contribution in [0.25, 0.3) is 16.8 Å². The van der Waals surface area contributed by atoms with Crippen molar-refractivity contribution in [2.75, 3.05) is 18.4 Å². The van der Waals surface area contributed by atoms with Crippen molar-refractivity contribution < 1.29 is 13.2 Å². The Morgan fingerprint density at radius 2 is 2.17 bits per heavy atom. The van der Waals surface area contributed by atoms with E-state index in [1.165, 1.54) is 36.3 Å². The number of aryl methyl sites for hydroxylation is 1. The van der Waals surface area contributed by atoms with Gasteiger partial charge in [-0.25, -0.2) is 27.9 Å². The van der Waals surface area contributed by atoms with Crippen LogP contribution in [0.2, 0.25) is 0 Å². The number of alkyl halides is 2. The molecule has 9 nitrogen and oxygen atoms in total. The number of imidazole rings is 2. The molecule has 5 heterocycles. The molecule has 1 atom stereocenters. The van der Waals surface area contributed by atoms with E-state index in [9.17, 15) is 18.0 Å². The Kier molecular flexibility index (Phi) is 4.07. The SMILES string of the molecule is Cn1c(=O)n([C@H]2CCNCC2(F)F)c2nc(Nc3cn4ccnc4cc3F)ncc21. The summed E-state index contributed by atoms with van der Waals surface area (Å²) in [4.78, 5) is 25.1. The molecule has 5 rings (SSSR count). The quantitative estimate of drug-likeness (QED) is 0.527. The molecule has 1 aliphatic heterocycles. The summed E-state index contributed by atoms with van der Waals surface area (Å²) in [7, 11) is 1.48. The van der Waals surface area contributed by atoms with Crippen LogP contribution < -0.4 is 16.3 Å². The van der Waals surface area contributed by atoms with Crippen molar-refractivity contribution in [1.82, 2.24) is 33.8 Å². The zero-order chi connectivity index (χ0) is 21.0. The summed E-state index contributed by atoms with van der Waals surface area (Å²) in [6.45, 7) is -0.164. The first-order valence-corrected chi connectivity index (χ1v) is 9.27. The maximum atomic E-state index is 14.5. The van der Waals surface area contributed by atoms with E-state index in [0.717, 1.165) is 4.57 Å². The number of nitrogens with zero attached hydrogens (tertiary/aromatic N) is 6. The van der Waals surface area contributed by atoms with Gasteiger partial charge in [-0.05, 0) is 13.0 Å². The monoisotopic (exact) mass is 418 g/mol. The first-order chi connectivity index (χ1) is 14.3. The van der Waals surface area contributed by atoms with Gasteiger partial charge in [0.2, 0.25) is 5.95 Å². The minimum Gasteiger partial charge on any atom is -0.320 e. The topological polar surface area (TPSA) is 94.1 Å². The Hall–Kier alpha value is -3.41. The minimum atomic E-state index is -3.12. The molecule has 1 fully saturated rings. The number of pyridine rings is 1. The van der Waals surface area contributed by atoms with E-state index in [1.54, 1.807) is 10.6 Å². The lowest BCUT2D eigenvalue weighted by molar-refractivity contribution is -0.0658. The van der Waals surface area contributed by atoms with Gasteiger partial charge in [0.1, 0.15) is 17.2 Å². The molecule has 0 aliphatic carbocycles. The zero-order valence-corrected chi connectivity index (χ0v) is 15.8. The highest BCUT2D eigenvalue weighted by Crippen LogP contribution is 2.34. The molecule has 30 heavy (non-hydrogen) atoms. The van der Waals surface area contributed by atoms with Crippen LogP contribution in [0.1, 0.15) is 12.5 Å². The van der Waals surface area contributed by atoms with Crippen LogP contribution in [-0.2, 0) is 7.05 Å². The number of fused-ring (bicyclic) bond motifs is 2. The summed E-state index contributed by atoms with van der Waals surface area (Å²) in [5.74, 6) is -3.71. The predicted molar refractivity (Wildman–Crippen MR) is 103 cm³/mol. The molecular weight excluding hydrogens is 401 g/mol. The van der Waals surface area contributed by atoms with Crippen LogP contribution in [0.4, 0.5) is 24.8 Å².